The molecule has 0 spiro atoms. The third-order valence-corrected chi connectivity index (χ3v) is 8.06. The van der Waals surface area contributed by atoms with E-state index in [1.54, 1.807) is 18.2 Å². The number of methoxy groups -OCH3 is 1. The second kappa shape index (κ2) is 7.86. The minimum atomic E-state index is -4.86. The minimum Gasteiger partial charge on any atom is -0.496 e. The summed E-state index contributed by atoms with van der Waals surface area (Å²) < 4.78 is 61.9. The first-order valence-electron chi connectivity index (χ1n) is 9.09. The Morgan fingerprint density at radius 3 is 1.69 bits per heavy atom. The molecule has 164 valence electrons. The molecule has 4 aromatic carbocycles. The number of nitrogens with zero attached hydrogens (tertiary/aromatic N) is 1. The normalized spacial score (nSPS) is 12.2. The molecular formula is C21H15NO8S2. The number of benzene rings is 4. The van der Waals surface area contributed by atoms with Gasteiger partial charge in [0.1, 0.15) is 15.5 Å². The Labute approximate surface area is 183 Å². The van der Waals surface area contributed by atoms with E-state index in [4.69, 9.17) is 8.37 Å². The molecular weight excluding hydrogens is 458 g/mol. The van der Waals surface area contributed by atoms with Crippen molar-refractivity contribution in [3.63, 3.8) is 0 Å². The van der Waals surface area contributed by atoms with Crippen LogP contribution in [0.25, 0.3) is 21.5 Å². The third kappa shape index (κ3) is 3.66. The molecule has 0 radical (unpaired) electrons. The van der Waals surface area contributed by atoms with Crippen LogP contribution in [0.5, 0.6) is 5.75 Å². The van der Waals surface area contributed by atoms with Crippen molar-refractivity contribution in [1.82, 2.24) is 0 Å². The summed E-state index contributed by atoms with van der Waals surface area (Å²) in [6.07, 6.45) is 0. The zero-order valence-corrected chi connectivity index (χ0v) is 18.1. The number of ether oxygens (including phenoxy) is 1. The molecule has 0 aliphatic rings. The van der Waals surface area contributed by atoms with E-state index in [9.17, 15) is 26.9 Å². The van der Waals surface area contributed by atoms with E-state index in [0.717, 1.165) is 12.1 Å². The Hall–Kier alpha value is -3.54. The van der Waals surface area contributed by atoms with Crippen molar-refractivity contribution in [3.05, 3.63) is 82.9 Å². The predicted molar refractivity (Wildman–Crippen MR) is 117 cm³/mol. The molecule has 0 fully saturated rings. The Balaban J connectivity index is 1.86. The summed E-state index contributed by atoms with van der Waals surface area (Å²) in [6.45, 7) is 0. The lowest BCUT2D eigenvalue weighted by atomic mass is 10.1. The van der Waals surface area contributed by atoms with E-state index in [0.29, 0.717) is 11.1 Å². The van der Waals surface area contributed by atoms with Crippen LogP contribution in [0.4, 0.5) is 5.69 Å². The highest BCUT2D eigenvalue weighted by atomic mass is 32.3. The number of rotatable bonds is 6. The third-order valence-electron chi connectivity index (χ3n) is 4.84. The number of nitro groups is 1. The number of hydrogen-bond donors (Lipinski definition) is 0. The highest BCUT2D eigenvalue weighted by Gasteiger charge is 2.31. The van der Waals surface area contributed by atoms with E-state index >= 15 is 0 Å². The number of non-ortho nitro benzene ring substituents is 1. The van der Waals surface area contributed by atoms with Crippen LogP contribution in [0.1, 0.15) is 0 Å². The molecule has 0 saturated carbocycles. The zero-order chi connectivity index (χ0) is 23.1. The van der Waals surface area contributed by atoms with Gasteiger partial charge in [0.05, 0.1) is 17.4 Å². The summed E-state index contributed by atoms with van der Waals surface area (Å²) >= 11 is 0. The summed E-state index contributed by atoms with van der Waals surface area (Å²) in [5.74, 6) is 0.406. The molecule has 0 amide bonds. The molecule has 0 bridgehead atoms. The van der Waals surface area contributed by atoms with Crippen LogP contribution in [-0.4, -0.2) is 28.9 Å². The van der Waals surface area contributed by atoms with Crippen LogP contribution in [0.3, 0.4) is 0 Å². The Kier molecular flexibility index (Phi) is 5.33. The van der Waals surface area contributed by atoms with Gasteiger partial charge in [-0.15, -0.1) is 3.63 Å². The monoisotopic (exact) mass is 473 g/mol. The lowest BCUT2D eigenvalue weighted by Gasteiger charge is -2.12. The maximum Gasteiger partial charge on any atom is 0.312 e. The molecule has 0 aliphatic carbocycles. The maximum absolute atomic E-state index is 13.0. The van der Waals surface area contributed by atoms with Crippen molar-refractivity contribution >= 4 is 47.5 Å². The van der Waals surface area contributed by atoms with Crippen molar-refractivity contribution in [1.29, 1.82) is 0 Å². The van der Waals surface area contributed by atoms with Gasteiger partial charge in [0.25, 0.3) is 5.69 Å². The van der Waals surface area contributed by atoms with E-state index < -0.39 is 30.1 Å². The van der Waals surface area contributed by atoms with E-state index in [1.807, 2.05) is 0 Å². The smallest absolute Gasteiger partial charge is 0.312 e. The summed E-state index contributed by atoms with van der Waals surface area (Å²) in [5.41, 5.74) is -0.316. The van der Waals surface area contributed by atoms with E-state index in [1.165, 1.54) is 49.6 Å². The van der Waals surface area contributed by atoms with Crippen LogP contribution in [0.2, 0.25) is 0 Å². The largest absolute Gasteiger partial charge is 0.496 e. The standard InChI is InChI=1S/C21H15NO8S2/c1-29-19-11-13-21(17-9-5-3-7-15(17)19)32(27,28)30-31(25,26)20-12-10-18(22(23)24)14-6-2-4-8-16(14)20/h2-13H,1H3. The van der Waals surface area contributed by atoms with Gasteiger partial charge in [-0.25, -0.2) is 0 Å². The van der Waals surface area contributed by atoms with Crippen molar-refractivity contribution in [2.45, 2.75) is 9.79 Å². The van der Waals surface area contributed by atoms with Gasteiger partial charge in [-0.3, -0.25) is 10.1 Å². The average molecular weight is 473 g/mol. The molecule has 11 heteroatoms. The molecule has 0 aromatic heterocycles. The maximum atomic E-state index is 13.0. The average Bonchev–Trinajstić information content (AvgIpc) is 2.76. The van der Waals surface area contributed by atoms with Gasteiger partial charge in [0.15, 0.2) is 0 Å². The summed E-state index contributed by atoms with van der Waals surface area (Å²) in [7, 11) is -8.22. The molecule has 4 rings (SSSR count). The number of hydrogen-bond acceptors (Lipinski definition) is 8. The highest BCUT2D eigenvalue weighted by molar-refractivity contribution is 8.00. The fourth-order valence-corrected chi connectivity index (χ4v) is 6.36. The number of fused-ring (bicyclic) bond motifs is 2. The molecule has 0 heterocycles. The molecule has 0 unspecified atom stereocenters. The SMILES string of the molecule is COc1ccc(S(=O)(=O)OS(=O)(=O)c2ccc([N+](=O)[O-])c3ccccc23)c2ccccc12. The van der Waals surface area contributed by atoms with Crippen molar-refractivity contribution < 1.29 is 30.1 Å². The Morgan fingerprint density at radius 1 is 0.688 bits per heavy atom. The van der Waals surface area contributed by atoms with E-state index in [-0.39, 0.29) is 26.7 Å². The lowest BCUT2D eigenvalue weighted by molar-refractivity contribution is -0.383. The number of nitro benzene ring substituents is 1. The van der Waals surface area contributed by atoms with Gasteiger partial charge in [0, 0.05) is 22.2 Å². The molecule has 4 aromatic rings. The van der Waals surface area contributed by atoms with Crippen LogP contribution in [0, 0.1) is 10.1 Å². The molecule has 9 nitrogen and oxygen atoms in total. The Bertz CT molecular complexity index is 1600. The quantitative estimate of drug-likeness (QED) is 0.303. The van der Waals surface area contributed by atoms with Crippen LogP contribution < -0.4 is 4.74 Å². The van der Waals surface area contributed by atoms with Gasteiger partial charge in [-0.1, -0.05) is 42.5 Å². The van der Waals surface area contributed by atoms with Crippen LogP contribution >= 0.6 is 0 Å². The first kappa shape index (κ1) is 21.7. The molecule has 0 N–H and O–H groups in total. The van der Waals surface area contributed by atoms with Gasteiger partial charge in [0.2, 0.25) is 0 Å². The topological polar surface area (TPSA) is 130 Å². The first-order valence-corrected chi connectivity index (χ1v) is 11.9. The van der Waals surface area contributed by atoms with Gasteiger partial charge in [-0.2, -0.15) is 16.8 Å². The van der Waals surface area contributed by atoms with Crippen molar-refractivity contribution in [2.24, 2.45) is 0 Å². The van der Waals surface area contributed by atoms with Gasteiger partial charge < -0.3 is 4.74 Å². The highest BCUT2D eigenvalue weighted by Crippen LogP contribution is 2.35. The van der Waals surface area contributed by atoms with E-state index in [2.05, 4.69) is 0 Å². The summed E-state index contributed by atoms with van der Waals surface area (Å²) in [4.78, 5) is 9.77. The van der Waals surface area contributed by atoms with Crippen molar-refractivity contribution in [2.75, 3.05) is 7.11 Å². The minimum absolute atomic E-state index is 0.0310. The molecule has 32 heavy (non-hydrogen) atoms. The second-order valence-corrected chi connectivity index (χ2v) is 9.91. The Morgan fingerprint density at radius 2 is 1.16 bits per heavy atom. The van der Waals surface area contributed by atoms with Gasteiger partial charge in [-0.05, 0) is 24.3 Å². The predicted octanol–water partition coefficient (Wildman–Crippen LogP) is 4.00. The fourth-order valence-electron chi connectivity index (χ4n) is 3.46. The first-order chi connectivity index (χ1) is 15.2. The zero-order valence-electron chi connectivity index (χ0n) is 16.5. The summed E-state index contributed by atoms with van der Waals surface area (Å²) in [6, 6.07) is 16.7. The van der Waals surface area contributed by atoms with Crippen LogP contribution in [-0.2, 0) is 23.9 Å². The van der Waals surface area contributed by atoms with Crippen molar-refractivity contribution in [3.8, 4) is 5.75 Å². The molecule has 0 aliphatic heterocycles. The second-order valence-electron chi connectivity index (χ2n) is 6.67. The summed E-state index contributed by atoms with van der Waals surface area (Å²) in [5, 5.41) is 12.0. The molecule has 0 saturated heterocycles. The lowest BCUT2D eigenvalue weighted by Crippen LogP contribution is -2.15. The fraction of sp³-hybridized carbons (Fsp3) is 0.0476. The molecule has 0 atom stereocenters. The van der Waals surface area contributed by atoms with Gasteiger partial charge >= 0.3 is 20.2 Å². The van der Waals surface area contributed by atoms with Crippen LogP contribution in [0.15, 0.2) is 82.6 Å².